The van der Waals surface area contributed by atoms with Gasteiger partial charge in [0.05, 0.1) is 0 Å². The van der Waals surface area contributed by atoms with E-state index in [0.29, 0.717) is 0 Å². The van der Waals surface area contributed by atoms with Gasteiger partial charge in [-0.1, -0.05) is 78.1 Å². The topological polar surface area (TPSA) is 0 Å². The summed E-state index contributed by atoms with van der Waals surface area (Å²) in [5.74, 6) is 0. The molecule has 0 aliphatic heterocycles. The van der Waals surface area contributed by atoms with E-state index in [1.807, 2.05) is 0 Å². The van der Waals surface area contributed by atoms with Crippen LogP contribution in [0.15, 0.2) is 193 Å². The van der Waals surface area contributed by atoms with Gasteiger partial charge in [0.2, 0.25) is 0 Å². The fourth-order valence-corrected chi connectivity index (χ4v) is 8.99. The molecule has 0 nitrogen and oxygen atoms in total. The van der Waals surface area contributed by atoms with Gasteiger partial charge in [-0.25, -0.2) is 35.4 Å². The van der Waals surface area contributed by atoms with Gasteiger partial charge in [-0.2, -0.15) is 58.7 Å². The second-order valence-corrected chi connectivity index (χ2v) is 17.6. The summed E-state index contributed by atoms with van der Waals surface area (Å²) in [5, 5.41) is 0. The quantitative estimate of drug-likeness (QED) is 0.147. The van der Waals surface area contributed by atoms with Crippen molar-refractivity contribution in [1.29, 1.82) is 0 Å². The molecule has 0 spiro atoms. The van der Waals surface area contributed by atoms with Gasteiger partial charge in [-0.15, -0.1) is 12.8 Å². The first-order valence-corrected chi connectivity index (χ1v) is 24.4. The minimum absolute atomic E-state index is 0. The van der Waals surface area contributed by atoms with Crippen molar-refractivity contribution >= 4 is 6.41 Å². The molecule has 0 unspecified atom stereocenters. The van der Waals surface area contributed by atoms with Crippen LogP contribution in [0.3, 0.4) is 0 Å². The molecule has 0 fully saturated rings. The van der Waals surface area contributed by atoms with E-state index in [4.69, 9.17) is 0 Å². The van der Waals surface area contributed by atoms with Crippen molar-refractivity contribution in [2.24, 2.45) is 0 Å². The maximum Gasteiger partial charge on any atom is -0.0512 e. The third kappa shape index (κ3) is 18.8. The molecule has 6 aromatic carbocycles. The normalized spacial score (nSPS) is 13.5. The maximum absolute atomic E-state index is 3.11. The van der Waals surface area contributed by atoms with Gasteiger partial charge in [-0.3, -0.25) is 12.2 Å². The molecular formula is C58H60Cl2Zr2-2. The number of allylic oxidation sites excluding steroid dienone is 8. The minimum atomic E-state index is 0. The van der Waals surface area contributed by atoms with Gasteiger partial charge in [0.1, 0.15) is 0 Å². The van der Waals surface area contributed by atoms with E-state index in [-0.39, 0.29) is 24.8 Å². The predicted molar refractivity (Wildman–Crippen MR) is 251 cm³/mol. The summed E-state index contributed by atoms with van der Waals surface area (Å²) in [6, 6.07) is 55.6. The Kier molecular flexibility index (Phi) is 26.9. The minimum Gasteiger partial charge on any atom is -0.210 e. The van der Waals surface area contributed by atoms with Crippen LogP contribution in [0.2, 0.25) is 0 Å². The summed E-state index contributed by atoms with van der Waals surface area (Å²) in [4.78, 5) is 0. The fourth-order valence-electron chi connectivity index (χ4n) is 7.35. The fraction of sp³-hybridized carbons (Fsp3) is 0.241. The van der Waals surface area contributed by atoms with Crippen molar-refractivity contribution in [2.45, 2.75) is 90.9 Å². The Bertz CT molecular complexity index is 1970. The van der Waals surface area contributed by atoms with Crippen molar-refractivity contribution in [1.82, 2.24) is 0 Å². The third-order valence-electron chi connectivity index (χ3n) is 10.9. The van der Waals surface area contributed by atoms with Gasteiger partial charge in [0.15, 0.2) is 0 Å². The second-order valence-electron chi connectivity index (χ2n) is 15.2. The smallest absolute Gasteiger partial charge is 0.0512 e. The summed E-state index contributed by atoms with van der Waals surface area (Å²) < 4.78 is 2.83. The summed E-state index contributed by atoms with van der Waals surface area (Å²) in [6.07, 6.45) is 30.0. The van der Waals surface area contributed by atoms with Gasteiger partial charge >= 0.3 is 198 Å². The summed E-state index contributed by atoms with van der Waals surface area (Å²) >= 11 is 2.92. The largest absolute Gasteiger partial charge is 0.210 e. The molecule has 4 heteroatoms. The Morgan fingerprint density at radius 3 is 1.00 bits per heavy atom. The number of benzene rings is 4. The predicted octanol–water partition coefficient (Wildman–Crippen LogP) is 8.35. The van der Waals surface area contributed by atoms with E-state index in [0.717, 1.165) is 25.7 Å². The van der Waals surface area contributed by atoms with Crippen LogP contribution >= 0.6 is 0 Å². The molecular weight excluding hydrogens is 950 g/mol. The molecule has 0 bridgehead atoms. The average Bonchev–Trinajstić information content (AvgIpc) is 4.20. The van der Waals surface area contributed by atoms with Gasteiger partial charge in [-0.05, 0) is 0 Å². The number of aryl methyl sites for hydroxylation is 4. The molecule has 316 valence electrons. The Morgan fingerprint density at radius 2 is 0.758 bits per heavy atom. The monoisotopic (exact) mass is 1010 g/mol. The second kappa shape index (κ2) is 31.5. The molecule has 0 heterocycles. The molecule has 62 heavy (non-hydrogen) atoms. The molecule has 4 aliphatic carbocycles. The van der Waals surface area contributed by atoms with Crippen molar-refractivity contribution in [3.63, 3.8) is 0 Å². The van der Waals surface area contributed by atoms with Crippen LogP contribution < -0.4 is 24.8 Å². The summed E-state index contributed by atoms with van der Waals surface area (Å²) in [6.45, 7) is 4.32. The third-order valence-corrected chi connectivity index (χ3v) is 13.7. The molecule has 0 N–H and O–H groups in total. The number of fused-ring (bicyclic) bond motifs is 2. The standard InChI is InChI=1S/2C13H10.2C9H11.2C7H9.2ClH.2Zr/c2*1-3-7-12(8-4-1)11-13-9-5-2-6-10-13;2*1-2-5-9-7-3-6-8(9)4-1;2*1-2-7-5-3-4-6-7;;;;/h2*1-10H;2*3,6-7H,1-2,4-5H2;2*5-6H,2-3H2,1H3;2*1H;;/q;;4*-1;;;2*+2/p-2. The van der Waals surface area contributed by atoms with E-state index in [1.54, 1.807) is 22.3 Å². The molecule has 4 aliphatic rings. The summed E-state index contributed by atoms with van der Waals surface area (Å²) in [5.41, 5.74) is 14.6. The van der Waals surface area contributed by atoms with Crippen molar-refractivity contribution < 1.29 is 73.3 Å². The van der Waals surface area contributed by atoms with E-state index >= 15 is 0 Å². The first-order chi connectivity index (χ1) is 29.6. The molecule has 0 saturated carbocycles. The number of hydrogen-bond donors (Lipinski definition) is 0. The van der Waals surface area contributed by atoms with Crippen LogP contribution in [0.4, 0.5) is 0 Å². The van der Waals surface area contributed by atoms with E-state index in [1.165, 1.54) is 140 Å². The van der Waals surface area contributed by atoms with Crippen molar-refractivity contribution in [3.05, 3.63) is 250 Å². The SMILES string of the molecule is CCC1=CC[C-]=C1.CCC1=CC[C-]=C1.[Cl-].[Cl-].[Zr+2]=[C](c1ccccc1)c1ccccc1.[Zr+2]=[C](c1ccccc1)c1ccccc1.c1cc2c([cH-]1)CCCC2.c1cc2c([cH-]1)CCCC2. The van der Waals surface area contributed by atoms with Crippen molar-refractivity contribution in [2.75, 3.05) is 0 Å². The molecule has 6 aromatic rings. The first kappa shape index (κ1) is 53.0. The summed E-state index contributed by atoms with van der Waals surface area (Å²) in [7, 11) is 0. The zero-order chi connectivity index (χ0) is 42.0. The van der Waals surface area contributed by atoms with Gasteiger partial charge < -0.3 is 24.8 Å². The van der Waals surface area contributed by atoms with Crippen LogP contribution in [0.1, 0.15) is 110 Å². The number of halogens is 2. The maximum atomic E-state index is 3.11. The van der Waals surface area contributed by atoms with Gasteiger partial charge in [0.25, 0.3) is 0 Å². The molecule has 0 radical (unpaired) electrons. The van der Waals surface area contributed by atoms with E-state index in [2.05, 4.69) is 208 Å². The van der Waals surface area contributed by atoms with Gasteiger partial charge in [0, 0.05) is 0 Å². The Hall–Kier alpha value is -3.37. The van der Waals surface area contributed by atoms with Crippen LogP contribution in [0.5, 0.6) is 0 Å². The Morgan fingerprint density at radius 1 is 0.452 bits per heavy atom. The average molecular weight is 1010 g/mol. The van der Waals surface area contributed by atoms with Crippen LogP contribution in [0.25, 0.3) is 0 Å². The number of hydrogen-bond acceptors (Lipinski definition) is 0. The van der Waals surface area contributed by atoms with Crippen LogP contribution in [0, 0.1) is 12.2 Å². The molecule has 0 atom stereocenters. The van der Waals surface area contributed by atoms with Crippen molar-refractivity contribution in [3.8, 4) is 0 Å². The first-order valence-electron chi connectivity index (χ1n) is 21.9. The Labute approximate surface area is 416 Å². The van der Waals surface area contributed by atoms with E-state index in [9.17, 15) is 0 Å². The number of rotatable bonds is 6. The molecule has 0 amide bonds. The Balaban J connectivity index is 0.000000201. The van der Waals surface area contributed by atoms with Crippen LogP contribution in [-0.4, -0.2) is 6.41 Å². The molecule has 10 rings (SSSR count). The zero-order valence-corrected chi connectivity index (χ0v) is 43.0. The molecule has 0 saturated heterocycles. The molecule has 0 aromatic heterocycles. The van der Waals surface area contributed by atoms with Crippen LogP contribution in [-0.2, 0) is 74.2 Å². The zero-order valence-electron chi connectivity index (χ0n) is 36.6. The van der Waals surface area contributed by atoms with E-state index < -0.39 is 0 Å².